The summed E-state index contributed by atoms with van der Waals surface area (Å²) in [6.07, 6.45) is 3.63. The molecule has 0 saturated carbocycles. The maximum atomic E-state index is 12.8. The van der Waals surface area contributed by atoms with E-state index in [0.717, 1.165) is 48.7 Å². The largest absolute Gasteiger partial charge is 0.611 e. The number of amides is 1. The van der Waals surface area contributed by atoms with Crippen LogP contribution >= 0.6 is 0 Å². The number of methoxy groups -OCH3 is 1. The molecule has 2 aromatic rings. The minimum Gasteiger partial charge on any atom is -0.611 e. The number of ether oxygens (including phenoxy) is 1. The number of likely N-dealkylation sites (N-methyl/N-ethyl adjacent to an activating group) is 1. The van der Waals surface area contributed by atoms with E-state index >= 15 is 0 Å². The summed E-state index contributed by atoms with van der Waals surface area (Å²) in [5, 5.41) is 3.51. The monoisotopic (exact) mass is 495 g/mol. The Balaban J connectivity index is 1.39. The first-order valence-corrected chi connectivity index (χ1v) is 13.6. The van der Waals surface area contributed by atoms with Crippen LogP contribution < -0.4 is 10.2 Å². The van der Waals surface area contributed by atoms with Gasteiger partial charge in [0.2, 0.25) is 16.8 Å². The van der Waals surface area contributed by atoms with Gasteiger partial charge < -0.3 is 24.4 Å². The molecule has 2 atom stereocenters. The van der Waals surface area contributed by atoms with Gasteiger partial charge in [0.05, 0.1) is 18.3 Å². The van der Waals surface area contributed by atoms with E-state index in [4.69, 9.17) is 14.7 Å². The fourth-order valence-corrected chi connectivity index (χ4v) is 6.83. The molecule has 0 spiro atoms. The number of carbonyl (C=O) groups excluding carboxylic acids is 1. The van der Waals surface area contributed by atoms with Gasteiger partial charge in [-0.25, -0.2) is 4.98 Å². The van der Waals surface area contributed by atoms with Crippen LogP contribution in [-0.4, -0.2) is 70.9 Å². The Labute approximate surface area is 209 Å². The molecule has 8 nitrogen and oxygen atoms in total. The highest BCUT2D eigenvalue weighted by Gasteiger charge is 2.41. The van der Waals surface area contributed by atoms with E-state index in [2.05, 4.69) is 41.1 Å². The Morgan fingerprint density at radius 3 is 2.66 bits per heavy atom. The van der Waals surface area contributed by atoms with Crippen molar-refractivity contribution in [2.45, 2.75) is 48.5 Å². The molecule has 0 aliphatic carbocycles. The number of hydrogen-bond acceptors (Lipinski definition) is 7. The Kier molecular flexibility index (Phi) is 6.63. The quantitative estimate of drug-likeness (QED) is 0.487. The normalized spacial score (nSPS) is 23.7. The molecule has 1 N–H and O–H groups in total. The molecule has 4 heterocycles. The molecule has 1 aromatic carbocycles. The molecule has 0 bridgehead atoms. The summed E-state index contributed by atoms with van der Waals surface area (Å²) in [4.78, 5) is 26.4. The number of likely N-dealkylation sites (tertiary alicyclic amines) is 1. The van der Waals surface area contributed by atoms with Gasteiger partial charge in [-0.2, -0.15) is 4.98 Å². The van der Waals surface area contributed by atoms with Gasteiger partial charge in [0, 0.05) is 45.6 Å². The standard InChI is InChI=1S/C26H33N5O3S/c1-18(34-3)26(19-7-5-4-6-8-19)12-14-31(15-13-26)25-28-21-11-16-35(33)23(21)24(29-25)27-20-9-10-22(32)30(2)17-20/h4-8,20H,1,9-17H2,2-3H3,(H,27,28,29)/t20-,35?/m0/s1. The van der Waals surface area contributed by atoms with E-state index in [-0.39, 0.29) is 17.4 Å². The molecule has 1 unspecified atom stereocenters. The second kappa shape index (κ2) is 9.70. The number of fused-ring (bicyclic) bond motifs is 1. The van der Waals surface area contributed by atoms with Crippen LogP contribution in [-0.2, 0) is 32.5 Å². The van der Waals surface area contributed by atoms with Crippen molar-refractivity contribution < 1.29 is 14.1 Å². The number of nitrogens with one attached hydrogen (secondary N) is 1. The number of anilines is 2. The van der Waals surface area contributed by atoms with Crippen molar-refractivity contribution in [1.29, 1.82) is 0 Å². The van der Waals surface area contributed by atoms with Crippen molar-refractivity contribution in [3.8, 4) is 0 Å². The van der Waals surface area contributed by atoms with Crippen LogP contribution in [0.4, 0.5) is 11.8 Å². The van der Waals surface area contributed by atoms with E-state index < -0.39 is 11.2 Å². The fourth-order valence-electron chi connectivity index (χ4n) is 5.52. The zero-order valence-corrected chi connectivity index (χ0v) is 21.3. The highest BCUT2D eigenvalue weighted by atomic mass is 32.2. The van der Waals surface area contributed by atoms with E-state index in [1.165, 1.54) is 5.56 Å². The second-order valence-corrected chi connectivity index (χ2v) is 11.2. The average Bonchev–Trinajstić information content (AvgIpc) is 3.27. The summed E-state index contributed by atoms with van der Waals surface area (Å²) in [5.74, 6) is 2.86. The number of hydrogen-bond donors (Lipinski definition) is 1. The molecule has 9 heteroatoms. The van der Waals surface area contributed by atoms with Crippen molar-refractivity contribution in [1.82, 2.24) is 14.9 Å². The number of benzene rings is 1. The summed E-state index contributed by atoms with van der Waals surface area (Å²) >= 11 is -1.10. The molecule has 1 amide bonds. The minimum atomic E-state index is -1.10. The summed E-state index contributed by atoms with van der Waals surface area (Å²) in [7, 11) is 3.52. The lowest BCUT2D eigenvalue weighted by Crippen LogP contribution is -2.45. The van der Waals surface area contributed by atoms with Crippen LogP contribution in [0.1, 0.15) is 36.9 Å². The van der Waals surface area contributed by atoms with Gasteiger partial charge in [-0.05, 0) is 36.0 Å². The van der Waals surface area contributed by atoms with Crippen molar-refractivity contribution in [2.24, 2.45) is 0 Å². The number of carbonyl (C=O) groups is 1. The first-order chi connectivity index (χ1) is 16.9. The molecule has 5 rings (SSSR count). The van der Waals surface area contributed by atoms with Crippen LogP contribution in [0.5, 0.6) is 0 Å². The zero-order chi connectivity index (χ0) is 24.6. The fraction of sp³-hybridized carbons (Fsp3) is 0.500. The Morgan fingerprint density at radius 1 is 1.23 bits per heavy atom. The average molecular weight is 496 g/mol. The third-order valence-electron chi connectivity index (χ3n) is 7.65. The first-order valence-electron chi connectivity index (χ1n) is 12.2. The Morgan fingerprint density at radius 2 is 1.97 bits per heavy atom. The number of aryl methyl sites for hydroxylation is 1. The molecular weight excluding hydrogens is 462 g/mol. The Hall–Kier alpha value is -2.78. The van der Waals surface area contributed by atoms with Crippen LogP contribution in [0.3, 0.4) is 0 Å². The maximum Gasteiger partial charge on any atom is 0.227 e. The molecule has 1 aromatic heterocycles. The van der Waals surface area contributed by atoms with E-state index in [1.807, 2.05) is 13.1 Å². The topological polar surface area (TPSA) is 93.7 Å². The predicted molar refractivity (Wildman–Crippen MR) is 137 cm³/mol. The predicted octanol–water partition coefficient (Wildman–Crippen LogP) is 2.87. The molecule has 0 radical (unpaired) electrons. The molecule has 3 aliphatic heterocycles. The molecule has 186 valence electrons. The minimum absolute atomic E-state index is 0.0827. The number of piperidine rings is 2. The summed E-state index contributed by atoms with van der Waals surface area (Å²) in [6.45, 7) is 6.39. The smallest absolute Gasteiger partial charge is 0.227 e. The van der Waals surface area contributed by atoms with E-state index in [9.17, 15) is 9.35 Å². The van der Waals surface area contributed by atoms with Crippen molar-refractivity contribution in [3.05, 3.63) is 53.9 Å². The molecular formula is C26H33N5O3S. The van der Waals surface area contributed by atoms with Crippen LogP contribution in [0.2, 0.25) is 0 Å². The molecule has 3 aliphatic rings. The highest BCUT2D eigenvalue weighted by Crippen LogP contribution is 2.42. The maximum absolute atomic E-state index is 12.8. The first kappa shape index (κ1) is 23.9. The van der Waals surface area contributed by atoms with Crippen LogP contribution in [0.15, 0.2) is 47.6 Å². The number of allylic oxidation sites excluding steroid dienone is 1. The summed E-state index contributed by atoms with van der Waals surface area (Å²) in [6, 6.07) is 10.5. The lowest BCUT2D eigenvalue weighted by atomic mass is 9.71. The van der Waals surface area contributed by atoms with Crippen molar-refractivity contribution in [2.75, 3.05) is 49.8 Å². The van der Waals surface area contributed by atoms with Crippen molar-refractivity contribution >= 4 is 28.8 Å². The molecule has 2 saturated heterocycles. The van der Waals surface area contributed by atoms with Crippen LogP contribution in [0.25, 0.3) is 0 Å². The number of aromatic nitrogens is 2. The lowest BCUT2D eigenvalue weighted by molar-refractivity contribution is -0.132. The number of rotatable bonds is 6. The molecule has 2 fully saturated rings. The summed E-state index contributed by atoms with van der Waals surface area (Å²) < 4.78 is 18.4. The number of nitrogens with zero attached hydrogens (tertiary/aromatic N) is 4. The van der Waals surface area contributed by atoms with Gasteiger partial charge >= 0.3 is 0 Å². The van der Waals surface area contributed by atoms with E-state index in [1.54, 1.807) is 12.0 Å². The summed E-state index contributed by atoms with van der Waals surface area (Å²) in [5.41, 5.74) is 1.85. The van der Waals surface area contributed by atoms with Gasteiger partial charge in [0.1, 0.15) is 11.4 Å². The van der Waals surface area contributed by atoms with Gasteiger partial charge in [-0.1, -0.05) is 36.9 Å². The lowest BCUT2D eigenvalue weighted by Gasteiger charge is -2.42. The highest BCUT2D eigenvalue weighted by molar-refractivity contribution is 7.91. The van der Waals surface area contributed by atoms with Gasteiger partial charge in [0.25, 0.3) is 0 Å². The van der Waals surface area contributed by atoms with E-state index in [0.29, 0.717) is 36.9 Å². The van der Waals surface area contributed by atoms with Gasteiger partial charge in [-0.3, -0.25) is 4.79 Å². The second-order valence-electron chi connectivity index (χ2n) is 9.66. The third-order valence-corrected chi connectivity index (χ3v) is 9.11. The van der Waals surface area contributed by atoms with Gasteiger partial charge in [0.15, 0.2) is 5.82 Å². The van der Waals surface area contributed by atoms with Crippen molar-refractivity contribution in [3.63, 3.8) is 0 Å². The Bertz CT molecular complexity index is 1100. The van der Waals surface area contributed by atoms with Gasteiger partial charge in [-0.15, -0.1) is 0 Å². The SMILES string of the molecule is C=C(OC)C1(c2ccccc2)CCN(c2nc3c(c(N[C@H]4CCC(=O)N(C)C4)n2)[S+]([O-])CC3)CC1. The zero-order valence-electron chi connectivity index (χ0n) is 20.5. The molecule has 35 heavy (non-hydrogen) atoms. The van der Waals surface area contributed by atoms with Crippen LogP contribution in [0, 0.1) is 0 Å². The third kappa shape index (κ3) is 4.47.